The minimum absolute atomic E-state index is 0.153. The van der Waals surface area contributed by atoms with Crippen molar-refractivity contribution in [1.82, 2.24) is 18.7 Å². The number of rotatable bonds is 8. The first-order valence-electron chi connectivity index (χ1n) is 8.45. The maximum absolute atomic E-state index is 12.7. The largest absolute Gasteiger partial charge is 0.463 e. The van der Waals surface area contributed by atoms with E-state index < -0.39 is 5.69 Å². The highest BCUT2D eigenvalue weighted by atomic mass is 32.2. The number of thioether (sulfide) groups is 1. The summed E-state index contributed by atoms with van der Waals surface area (Å²) in [5.74, 6) is 0.182. The Bertz CT molecular complexity index is 939. The van der Waals surface area contributed by atoms with Gasteiger partial charge in [0.05, 0.1) is 12.5 Å². The highest BCUT2D eigenvalue weighted by Crippen LogP contribution is 2.22. The van der Waals surface area contributed by atoms with E-state index in [-0.39, 0.29) is 30.6 Å². The van der Waals surface area contributed by atoms with Gasteiger partial charge in [0.25, 0.3) is 5.56 Å². The topological polar surface area (TPSA) is 88.1 Å². The van der Waals surface area contributed by atoms with E-state index in [0.717, 1.165) is 0 Å². The second-order valence-electron chi connectivity index (χ2n) is 5.99. The van der Waals surface area contributed by atoms with Crippen molar-refractivity contribution in [1.29, 1.82) is 0 Å². The number of esters is 1. The average Bonchev–Trinajstić information content (AvgIpc) is 2.92. The van der Waals surface area contributed by atoms with E-state index in [1.54, 1.807) is 38.5 Å². The van der Waals surface area contributed by atoms with E-state index in [0.29, 0.717) is 28.6 Å². The molecule has 0 aromatic carbocycles. The number of allylic oxidation sites excluding steroid dienone is 1. The summed E-state index contributed by atoms with van der Waals surface area (Å²) in [5, 5.41) is 0.568. The molecule has 0 N–H and O–H groups in total. The van der Waals surface area contributed by atoms with Crippen LogP contribution in [0.1, 0.15) is 27.2 Å². The molecule has 0 fully saturated rings. The van der Waals surface area contributed by atoms with E-state index in [1.807, 2.05) is 0 Å². The van der Waals surface area contributed by atoms with Crippen LogP contribution in [0.2, 0.25) is 0 Å². The number of imidazole rings is 1. The van der Waals surface area contributed by atoms with Gasteiger partial charge in [-0.05, 0) is 20.8 Å². The number of nitrogens with zero attached hydrogens (tertiary/aromatic N) is 4. The molecule has 2 aromatic rings. The summed E-state index contributed by atoms with van der Waals surface area (Å²) in [5.41, 5.74) is -0.0729. The summed E-state index contributed by atoms with van der Waals surface area (Å²) in [4.78, 5) is 41.2. The molecule has 0 amide bonds. The van der Waals surface area contributed by atoms with Gasteiger partial charge in [-0.3, -0.25) is 18.7 Å². The first-order valence-corrected chi connectivity index (χ1v) is 9.43. The normalized spacial score (nSPS) is 11.3. The molecular weight excluding hydrogens is 356 g/mol. The predicted molar refractivity (Wildman–Crippen MR) is 102 cm³/mol. The number of fused-ring (bicyclic) bond motifs is 1. The van der Waals surface area contributed by atoms with Crippen LogP contribution in [0.4, 0.5) is 0 Å². The summed E-state index contributed by atoms with van der Waals surface area (Å²) in [7, 11) is 1.59. The van der Waals surface area contributed by atoms with Crippen LogP contribution in [-0.4, -0.2) is 36.5 Å². The third-order valence-electron chi connectivity index (χ3n) is 3.73. The monoisotopic (exact) mass is 380 g/mol. The van der Waals surface area contributed by atoms with E-state index in [4.69, 9.17) is 4.74 Å². The molecular formula is C17H24N4O4S. The maximum atomic E-state index is 12.7. The van der Waals surface area contributed by atoms with Crippen LogP contribution in [0.3, 0.4) is 0 Å². The Hall–Kier alpha value is -2.29. The minimum Gasteiger partial charge on any atom is -0.463 e. The first-order chi connectivity index (χ1) is 12.3. The smallest absolute Gasteiger partial charge is 0.332 e. The van der Waals surface area contributed by atoms with Crippen LogP contribution in [0.15, 0.2) is 27.4 Å². The second kappa shape index (κ2) is 8.39. The molecule has 9 heteroatoms. The maximum Gasteiger partial charge on any atom is 0.332 e. The van der Waals surface area contributed by atoms with E-state index in [9.17, 15) is 14.4 Å². The van der Waals surface area contributed by atoms with Gasteiger partial charge < -0.3 is 9.30 Å². The van der Waals surface area contributed by atoms with Gasteiger partial charge in [-0.2, -0.15) is 0 Å². The third kappa shape index (κ3) is 3.92. The van der Waals surface area contributed by atoms with Crippen LogP contribution < -0.4 is 11.2 Å². The Balaban J connectivity index is 2.42. The van der Waals surface area contributed by atoms with Gasteiger partial charge in [0.2, 0.25) is 0 Å². The lowest BCUT2D eigenvalue weighted by Gasteiger charge is -2.09. The van der Waals surface area contributed by atoms with Gasteiger partial charge >= 0.3 is 11.7 Å². The molecule has 0 saturated carbocycles. The molecule has 142 valence electrons. The number of hydrogen-bond donors (Lipinski definition) is 0. The molecule has 8 nitrogen and oxygen atoms in total. The van der Waals surface area contributed by atoms with Gasteiger partial charge in [-0.25, -0.2) is 9.78 Å². The van der Waals surface area contributed by atoms with Crippen LogP contribution >= 0.6 is 11.8 Å². The molecule has 0 radical (unpaired) electrons. The zero-order valence-corrected chi connectivity index (χ0v) is 16.3. The first kappa shape index (κ1) is 20.0. The number of aryl methyl sites for hydroxylation is 1. The van der Waals surface area contributed by atoms with Gasteiger partial charge in [0.15, 0.2) is 16.3 Å². The SMILES string of the molecule is C=CCn1c(SCCC(=O)OC(C)C)nc2c1c(=O)n(CC)c(=O)n2C. The summed E-state index contributed by atoms with van der Waals surface area (Å²) >= 11 is 1.34. The lowest BCUT2D eigenvalue weighted by Crippen LogP contribution is -2.39. The van der Waals surface area contributed by atoms with Crippen LogP contribution in [-0.2, 0) is 29.7 Å². The quantitative estimate of drug-likeness (QED) is 0.392. The molecule has 0 bridgehead atoms. The lowest BCUT2D eigenvalue weighted by molar-refractivity contribution is -0.146. The van der Waals surface area contributed by atoms with Crippen molar-refractivity contribution in [2.75, 3.05) is 5.75 Å². The van der Waals surface area contributed by atoms with Crippen molar-refractivity contribution < 1.29 is 9.53 Å². The summed E-state index contributed by atoms with van der Waals surface area (Å²) in [6.45, 7) is 9.74. The van der Waals surface area contributed by atoms with Gasteiger partial charge in [0.1, 0.15) is 0 Å². The Labute approximate surface area is 155 Å². The fraction of sp³-hybridized carbons (Fsp3) is 0.529. The van der Waals surface area contributed by atoms with Gasteiger partial charge in [-0.15, -0.1) is 6.58 Å². The van der Waals surface area contributed by atoms with Crippen molar-refractivity contribution in [2.24, 2.45) is 7.05 Å². The highest BCUT2D eigenvalue weighted by Gasteiger charge is 2.19. The molecule has 0 aliphatic carbocycles. The third-order valence-corrected chi connectivity index (χ3v) is 4.71. The fourth-order valence-corrected chi connectivity index (χ4v) is 3.51. The van der Waals surface area contributed by atoms with Crippen molar-refractivity contribution >= 4 is 28.9 Å². The summed E-state index contributed by atoms with van der Waals surface area (Å²) < 4.78 is 9.40. The van der Waals surface area contributed by atoms with E-state index in [2.05, 4.69) is 11.6 Å². The van der Waals surface area contributed by atoms with Crippen molar-refractivity contribution in [3.8, 4) is 0 Å². The second-order valence-corrected chi connectivity index (χ2v) is 7.06. The fourth-order valence-electron chi connectivity index (χ4n) is 2.59. The summed E-state index contributed by atoms with van der Waals surface area (Å²) in [6.07, 6.45) is 1.75. The average molecular weight is 380 g/mol. The Kier molecular flexibility index (Phi) is 6.47. The molecule has 0 aliphatic heterocycles. The van der Waals surface area contributed by atoms with Crippen LogP contribution in [0, 0.1) is 0 Å². The minimum atomic E-state index is -0.398. The molecule has 2 heterocycles. The number of carbonyl (C=O) groups excluding carboxylic acids is 1. The number of ether oxygens (including phenoxy) is 1. The lowest BCUT2D eigenvalue weighted by atomic mass is 10.4. The summed E-state index contributed by atoms with van der Waals surface area (Å²) in [6, 6.07) is 0. The van der Waals surface area contributed by atoms with Gasteiger partial charge in [-0.1, -0.05) is 17.8 Å². The molecule has 0 unspecified atom stereocenters. The van der Waals surface area contributed by atoms with Crippen molar-refractivity contribution in [2.45, 2.75) is 51.5 Å². The standard InChI is InChI=1S/C17H24N4O4S/c1-6-9-21-13-14(19(5)17(24)20(7-2)15(13)23)18-16(21)26-10-8-12(22)25-11(3)4/h6,11H,1,7-10H2,2-5H3. The molecule has 0 aliphatic rings. The number of hydrogen-bond acceptors (Lipinski definition) is 6. The van der Waals surface area contributed by atoms with E-state index >= 15 is 0 Å². The van der Waals surface area contributed by atoms with Gasteiger partial charge in [0, 0.05) is 25.9 Å². The molecule has 2 aromatic heterocycles. The zero-order valence-electron chi connectivity index (χ0n) is 15.5. The highest BCUT2D eigenvalue weighted by molar-refractivity contribution is 7.99. The molecule has 0 atom stereocenters. The Morgan fingerprint density at radius 2 is 2.04 bits per heavy atom. The number of carbonyl (C=O) groups is 1. The van der Waals surface area contributed by atoms with Crippen LogP contribution in [0.25, 0.3) is 11.2 Å². The molecule has 0 spiro atoms. The zero-order chi connectivity index (χ0) is 19.4. The Morgan fingerprint density at radius 3 is 2.62 bits per heavy atom. The molecule has 2 rings (SSSR count). The van der Waals surface area contributed by atoms with Crippen molar-refractivity contribution in [3.05, 3.63) is 33.5 Å². The molecule has 0 saturated heterocycles. The van der Waals surface area contributed by atoms with Crippen LogP contribution in [0.5, 0.6) is 0 Å². The number of aromatic nitrogens is 4. The Morgan fingerprint density at radius 1 is 1.35 bits per heavy atom. The predicted octanol–water partition coefficient (Wildman–Crippen LogP) is 1.54. The van der Waals surface area contributed by atoms with E-state index in [1.165, 1.54) is 20.9 Å². The van der Waals surface area contributed by atoms with Crippen molar-refractivity contribution in [3.63, 3.8) is 0 Å². The molecule has 26 heavy (non-hydrogen) atoms.